The minimum Gasteiger partial charge on any atom is -0.269 e. The van der Waals surface area contributed by atoms with Crippen LogP contribution in [0.25, 0.3) is 11.0 Å². The van der Waals surface area contributed by atoms with Crippen LogP contribution in [0.15, 0.2) is 6.07 Å². The molecule has 6 heteroatoms. The Morgan fingerprint density at radius 2 is 2.17 bits per heavy atom. The van der Waals surface area contributed by atoms with Crippen molar-refractivity contribution in [3.63, 3.8) is 0 Å². The second kappa shape index (κ2) is 3.01. The summed E-state index contributed by atoms with van der Waals surface area (Å²) in [6, 6.07) is 1.69. The number of hydrogen-bond acceptors (Lipinski definition) is 2. The standard InChI is InChI=1S/C6H2Cl2IN3/c7-2-1-3-4(10-5(2)8)6(9)12-11-3/h1H,(H,11,12). The van der Waals surface area contributed by atoms with E-state index in [1.54, 1.807) is 6.07 Å². The van der Waals surface area contributed by atoms with Crippen molar-refractivity contribution >= 4 is 56.8 Å². The molecule has 2 aromatic rings. The van der Waals surface area contributed by atoms with Gasteiger partial charge in [0.25, 0.3) is 0 Å². The second-order valence-corrected chi connectivity index (χ2v) is 4.01. The molecule has 0 amide bonds. The average molecular weight is 314 g/mol. The Bertz CT molecular complexity index is 440. The quantitative estimate of drug-likeness (QED) is 0.600. The Morgan fingerprint density at radius 1 is 1.42 bits per heavy atom. The smallest absolute Gasteiger partial charge is 0.148 e. The van der Waals surface area contributed by atoms with E-state index in [4.69, 9.17) is 23.2 Å². The normalized spacial score (nSPS) is 10.9. The van der Waals surface area contributed by atoms with Gasteiger partial charge in [-0.1, -0.05) is 23.2 Å². The van der Waals surface area contributed by atoms with Crippen LogP contribution >= 0.6 is 45.8 Å². The minimum absolute atomic E-state index is 0.309. The molecule has 0 atom stereocenters. The molecule has 0 fully saturated rings. The monoisotopic (exact) mass is 313 g/mol. The zero-order valence-corrected chi connectivity index (χ0v) is 9.28. The van der Waals surface area contributed by atoms with Crippen molar-refractivity contribution in [1.29, 1.82) is 0 Å². The third-order valence-corrected chi connectivity index (χ3v) is 2.82. The molecule has 0 aromatic carbocycles. The zero-order valence-electron chi connectivity index (χ0n) is 5.61. The Kier molecular flexibility index (Phi) is 2.14. The molecule has 0 unspecified atom stereocenters. The summed E-state index contributed by atoms with van der Waals surface area (Å²) in [5.74, 6) is 0. The fourth-order valence-corrected chi connectivity index (χ4v) is 1.67. The first-order valence-corrected chi connectivity index (χ1v) is 4.87. The molecule has 0 radical (unpaired) electrons. The third-order valence-electron chi connectivity index (χ3n) is 1.40. The van der Waals surface area contributed by atoms with E-state index in [2.05, 4.69) is 37.8 Å². The van der Waals surface area contributed by atoms with Gasteiger partial charge >= 0.3 is 0 Å². The number of halogens is 3. The topological polar surface area (TPSA) is 41.6 Å². The molecule has 2 heterocycles. The van der Waals surface area contributed by atoms with Crippen molar-refractivity contribution in [1.82, 2.24) is 15.2 Å². The second-order valence-electron chi connectivity index (χ2n) is 2.17. The van der Waals surface area contributed by atoms with E-state index in [9.17, 15) is 0 Å². The number of rotatable bonds is 0. The average Bonchev–Trinajstić information content (AvgIpc) is 2.35. The van der Waals surface area contributed by atoms with Crippen LogP contribution in [-0.4, -0.2) is 15.2 Å². The Hall–Kier alpha value is -0.0700. The lowest BCUT2D eigenvalue weighted by Gasteiger charge is -1.92. The van der Waals surface area contributed by atoms with Crippen LogP contribution < -0.4 is 0 Å². The van der Waals surface area contributed by atoms with E-state index in [-0.39, 0.29) is 0 Å². The molecule has 0 aliphatic rings. The Balaban J connectivity index is 2.87. The molecule has 1 N–H and O–H groups in total. The fraction of sp³-hybridized carbons (Fsp3) is 0. The Morgan fingerprint density at radius 3 is 2.92 bits per heavy atom. The van der Waals surface area contributed by atoms with Crippen molar-refractivity contribution in [2.24, 2.45) is 0 Å². The number of hydrogen-bond donors (Lipinski definition) is 1. The largest absolute Gasteiger partial charge is 0.269 e. The number of nitrogens with one attached hydrogen (secondary N) is 1. The Labute approximate surface area is 91.6 Å². The lowest BCUT2D eigenvalue weighted by atomic mass is 10.4. The van der Waals surface area contributed by atoms with E-state index < -0.39 is 0 Å². The number of aromatic nitrogens is 3. The van der Waals surface area contributed by atoms with Gasteiger partial charge in [0.15, 0.2) is 0 Å². The molecular weight excluding hydrogens is 312 g/mol. The van der Waals surface area contributed by atoms with Gasteiger partial charge in [-0.2, -0.15) is 5.10 Å². The highest BCUT2D eigenvalue weighted by molar-refractivity contribution is 14.1. The van der Waals surface area contributed by atoms with Crippen molar-refractivity contribution < 1.29 is 0 Å². The molecule has 2 rings (SSSR count). The van der Waals surface area contributed by atoms with Crippen molar-refractivity contribution in [3.8, 4) is 0 Å². The predicted octanol–water partition coefficient (Wildman–Crippen LogP) is 2.87. The van der Waals surface area contributed by atoms with Gasteiger partial charge in [0.2, 0.25) is 0 Å². The van der Waals surface area contributed by atoms with Gasteiger partial charge in [-0.3, -0.25) is 5.10 Å². The molecule has 0 aliphatic carbocycles. The van der Waals surface area contributed by atoms with Crippen LogP contribution in [0.2, 0.25) is 10.2 Å². The number of fused-ring (bicyclic) bond motifs is 1. The molecule has 0 saturated carbocycles. The summed E-state index contributed by atoms with van der Waals surface area (Å²) in [7, 11) is 0. The molecule has 62 valence electrons. The molecule has 0 spiro atoms. The van der Waals surface area contributed by atoms with Gasteiger partial charge < -0.3 is 0 Å². The molecule has 0 aliphatic heterocycles. The molecular formula is C6H2Cl2IN3. The van der Waals surface area contributed by atoms with Crippen LogP contribution in [0.4, 0.5) is 0 Å². The highest BCUT2D eigenvalue weighted by Crippen LogP contribution is 2.25. The highest BCUT2D eigenvalue weighted by Gasteiger charge is 2.07. The van der Waals surface area contributed by atoms with Gasteiger partial charge in [0.1, 0.15) is 19.9 Å². The minimum atomic E-state index is 0.309. The van der Waals surface area contributed by atoms with Crippen LogP contribution in [0.1, 0.15) is 0 Å². The number of nitrogens with zero attached hydrogens (tertiary/aromatic N) is 2. The lowest BCUT2D eigenvalue weighted by Crippen LogP contribution is -1.79. The third kappa shape index (κ3) is 1.27. The first-order chi connectivity index (χ1) is 5.68. The van der Waals surface area contributed by atoms with Crippen molar-refractivity contribution in [2.45, 2.75) is 0 Å². The predicted molar refractivity (Wildman–Crippen MR) is 56.6 cm³/mol. The van der Waals surface area contributed by atoms with Gasteiger partial charge in [-0.05, 0) is 28.7 Å². The van der Waals surface area contributed by atoms with Gasteiger partial charge in [0.05, 0.1) is 5.02 Å². The van der Waals surface area contributed by atoms with Crippen LogP contribution in [0.3, 0.4) is 0 Å². The summed E-state index contributed by atoms with van der Waals surface area (Å²) < 4.78 is 0.862. The first kappa shape index (κ1) is 8.52. The summed E-state index contributed by atoms with van der Waals surface area (Å²) in [4.78, 5) is 4.07. The maximum Gasteiger partial charge on any atom is 0.148 e. The first-order valence-electron chi connectivity index (χ1n) is 3.04. The lowest BCUT2D eigenvalue weighted by molar-refractivity contribution is 1.09. The van der Waals surface area contributed by atoms with Gasteiger partial charge in [0, 0.05) is 0 Å². The van der Waals surface area contributed by atoms with E-state index >= 15 is 0 Å². The van der Waals surface area contributed by atoms with Crippen LogP contribution in [-0.2, 0) is 0 Å². The van der Waals surface area contributed by atoms with E-state index in [0.717, 1.165) is 14.7 Å². The molecule has 3 nitrogen and oxygen atoms in total. The van der Waals surface area contributed by atoms with E-state index in [1.807, 2.05) is 0 Å². The van der Waals surface area contributed by atoms with E-state index in [0.29, 0.717) is 10.2 Å². The maximum atomic E-state index is 5.75. The summed E-state index contributed by atoms with van der Waals surface area (Å²) >= 11 is 13.6. The van der Waals surface area contributed by atoms with Gasteiger partial charge in [-0.25, -0.2) is 4.98 Å². The molecule has 0 saturated heterocycles. The van der Waals surface area contributed by atoms with Gasteiger partial charge in [-0.15, -0.1) is 0 Å². The molecule has 2 aromatic heterocycles. The SMILES string of the molecule is Clc1cc2n[nH]c(I)c2nc1Cl. The summed E-state index contributed by atoms with van der Waals surface area (Å²) in [5, 5.41) is 7.50. The molecule has 12 heavy (non-hydrogen) atoms. The fourth-order valence-electron chi connectivity index (χ4n) is 0.866. The number of H-pyrrole nitrogens is 1. The van der Waals surface area contributed by atoms with Crippen molar-refractivity contribution in [3.05, 3.63) is 19.9 Å². The zero-order chi connectivity index (χ0) is 8.72. The van der Waals surface area contributed by atoms with E-state index in [1.165, 1.54) is 0 Å². The number of aromatic amines is 1. The van der Waals surface area contributed by atoms with Crippen LogP contribution in [0.5, 0.6) is 0 Å². The molecule has 0 bridgehead atoms. The van der Waals surface area contributed by atoms with Crippen LogP contribution in [0, 0.1) is 3.70 Å². The number of pyridine rings is 1. The highest BCUT2D eigenvalue weighted by atomic mass is 127. The summed E-state index contributed by atoms with van der Waals surface area (Å²) in [5.41, 5.74) is 1.49. The van der Waals surface area contributed by atoms with Crippen molar-refractivity contribution in [2.75, 3.05) is 0 Å². The summed E-state index contributed by atoms with van der Waals surface area (Å²) in [6.45, 7) is 0. The maximum absolute atomic E-state index is 5.75. The summed E-state index contributed by atoms with van der Waals surface area (Å²) in [6.07, 6.45) is 0.